The van der Waals surface area contributed by atoms with E-state index in [1.165, 1.54) is 14.1 Å². The Morgan fingerprint density at radius 3 is 2.53 bits per heavy atom. The molecule has 0 spiro atoms. The van der Waals surface area contributed by atoms with Crippen molar-refractivity contribution in [2.75, 3.05) is 51.8 Å². The van der Waals surface area contributed by atoms with E-state index in [2.05, 4.69) is 21.5 Å². The molecule has 1 heterocycles. The molecule has 0 fully saturated rings. The number of sulfonamides is 1. The van der Waals surface area contributed by atoms with E-state index >= 15 is 0 Å². The van der Waals surface area contributed by atoms with Crippen molar-refractivity contribution in [3.63, 3.8) is 0 Å². The summed E-state index contributed by atoms with van der Waals surface area (Å²) in [6.45, 7) is 4.46. The van der Waals surface area contributed by atoms with Gasteiger partial charge in [0, 0.05) is 27.2 Å². The molecule has 0 unspecified atom stereocenters. The molecule has 19 heavy (non-hydrogen) atoms. The van der Waals surface area contributed by atoms with Gasteiger partial charge in [0.05, 0.1) is 0 Å². The number of hydrogen-bond donors (Lipinski definition) is 2. The Kier molecular flexibility index (Phi) is 5.53. The molecular weight excluding hydrogens is 286 g/mol. The van der Waals surface area contributed by atoms with Gasteiger partial charge in [0.25, 0.3) is 0 Å². The number of nitrogens with zero attached hydrogens (tertiary/aromatic N) is 3. The van der Waals surface area contributed by atoms with Gasteiger partial charge < -0.3 is 16.0 Å². The smallest absolute Gasteiger partial charge is 0.249 e. The lowest BCUT2D eigenvalue weighted by atomic mass is 10.5. The maximum Gasteiger partial charge on any atom is 0.249 e. The van der Waals surface area contributed by atoms with Crippen molar-refractivity contribution in [2.24, 2.45) is 0 Å². The molecule has 1 aromatic heterocycles. The minimum absolute atomic E-state index is 0.0463. The van der Waals surface area contributed by atoms with Gasteiger partial charge in [-0.05, 0) is 25.1 Å². The van der Waals surface area contributed by atoms with Gasteiger partial charge in [-0.3, -0.25) is 0 Å². The maximum absolute atomic E-state index is 12.2. The molecule has 0 amide bonds. The zero-order valence-electron chi connectivity index (χ0n) is 11.7. The monoisotopic (exact) mass is 307 g/mol. The fourth-order valence-electron chi connectivity index (χ4n) is 1.36. The third-order valence-electron chi connectivity index (χ3n) is 2.73. The van der Waals surface area contributed by atoms with Crippen molar-refractivity contribution < 1.29 is 8.42 Å². The Hall–Kier alpha value is -0.900. The van der Waals surface area contributed by atoms with Gasteiger partial charge in [-0.2, -0.15) is 4.37 Å². The highest BCUT2D eigenvalue weighted by Crippen LogP contribution is 2.32. The van der Waals surface area contributed by atoms with Crippen LogP contribution in [0.15, 0.2) is 4.90 Å². The first-order chi connectivity index (χ1) is 8.80. The second kappa shape index (κ2) is 6.51. The van der Waals surface area contributed by atoms with E-state index < -0.39 is 10.0 Å². The van der Waals surface area contributed by atoms with Crippen LogP contribution < -0.4 is 11.1 Å². The third-order valence-corrected chi connectivity index (χ3v) is 5.57. The van der Waals surface area contributed by atoms with Crippen LogP contribution in [0.5, 0.6) is 0 Å². The molecule has 0 aliphatic rings. The van der Waals surface area contributed by atoms with E-state index in [0.29, 0.717) is 11.5 Å². The number of nitrogen functional groups attached to an aromatic ring is 1. The highest BCUT2D eigenvalue weighted by atomic mass is 32.2. The number of likely N-dealkylation sites (N-methyl/N-ethyl adjacent to an activating group) is 1. The minimum atomic E-state index is -3.57. The van der Waals surface area contributed by atoms with E-state index in [-0.39, 0.29) is 10.7 Å². The van der Waals surface area contributed by atoms with Crippen molar-refractivity contribution in [3.05, 3.63) is 0 Å². The molecular formula is C10H21N5O2S2. The zero-order valence-corrected chi connectivity index (χ0v) is 13.3. The van der Waals surface area contributed by atoms with Gasteiger partial charge in [-0.25, -0.2) is 12.7 Å². The summed E-state index contributed by atoms with van der Waals surface area (Å²) < 4.78 is 29.4. The molecule has 9 heteroatoms. The van der Waals surface area contributed by atoms with Crippen molar-refractivity contribution in [3.8, 4) is 0 Å². The Morgan fingerprint density at radius 1 is 1.37 bits per heavy atom. The topological polar surface area (TPSA) is 91.6 Å². The largest absolute Gasteiger partial charge is 0.382 e. The summed E-state index contributed by atoms with van der Waals surface area (Å²) >= 11 is 1.07. The molecule has 0 aliphatic carbocycles. The SMILES string of the molecule is CCN(C)CCNc1snc(N)c1S(=O)(=O)N(C)C. The number of hydrogen-bond acceptors (Lipinski definition) is 7. The van der Waals surface area contributed by atoms with Crippen LogP contribution in [0.2, 0.25) is 0 Å². The number of nitrogens with two attached hydrogens (primary N) is 1. The molecule has 0 radical (unpaired) electrons. The first-order valence-corrected chi connectivity index (χ1v) is 8.12. The van der Waals surface area contributed by atoms with Crippen LogP contribution >= 0.6 is 11.5 Å². The number of nitrogens with one attached hydrogen (secondary N) is 1. The van der Waals surface area contributed by atoms with Crippen LogP contribution in [-0.2, 0) is 10.0 Å². The molecule has 0 aliphatic heterocycles. The minimum Gasteiger partial charge on any atom is -0.382 e. The molecule has 0 saturated carbocycles. The molecule has 0 atom stereocenters. The van der Waals surface area contributed by atoms with Crippen molar-refractivity contribution >= 4 is 32.4 Å². The van der Waals surface area contributed by atoms with Crippen molar-refractivity contribution in [1.29, 1.82) is 0 Å². The predicted octanol–water partition coefficient (Wildman–Crippen LogP) is 0.339. The molecule has 1 aromatic rings. The highest BCUT2D eigenvalue weighted by molar-refractivity contribution is 7.89. The summed E-state index contributed by atoms with van der Waals surface area (Å²) in [5.74, 6) is 0.0463. The summed E-state index contributed by atoms with van der Waals surface area (Å²) in [5.41, 5.74) is 5.67. The van der Waals surface area contributed by atoms with Gasteiger partial charge in [-0.1, -0.05) is 6.92 Å². The lowest BCUT2D eigenvalue weighted by molar-refractivity contribution is 0.367. The summed E-state index contributed by atoms with van der Waals surface area (Å²) in [6.07, 6.45) is 0. The van der Waals surface area contributed by atoms with E-state index in [4.69, 9.17) is 5.73 Å². The average Bonchev–Trinajstić information content (AvgIpc) is 2.70. The fraction of sp³-hybridized carbons (Fsp3) is 0.700. The molecule has 1 rings (SSSR count). The maximum atomic E-state index is 12.2. The molecule has 7 nitrogen and oxygen atoms in total. The van der Waals surface area contributed by atoms with Crippen LogP contribution in [0, 0.1) is 0 Å². The first kappa shape index (κ1) is 16.2. The van der Waals surface area contributed by atoms with Crippen LogP contribution in [0.4, 0.5) is 10.8 Å². The lowest BCUT2D eigenvalue weighted by Crippen LogP contribution is -2.26. The molecule has 110 valence electrons. The zero-order chi connectivity index (χ0) is 14.6. The normalized spacial score (nSPS) is 12.3. The van der Waals surface area contributed by atoms with Crippen LogP contribution in [0.25, 0.3) is 0 Å². The Morgan fingerprint density at radius 2 is 2.00 bits per heavy atom. The standard InChI is InChI=1S/C10H21N5O2S2/c1-5-15(4)7-6-12-10-8(9(11)13-18-10)19(16,17)14(2)3/h12H,5-7H2,1-4H3,(H2,11,13). The number of rotatable bonds is 7. The number of anilines is 2. The van der Waals surface area contributed by atoms with Crippen molar-refractivity contribution in [2.45, 2.75) is 11.8 Å². The summed E-state index contributed by atoms with van der Waals surface area (Å²) in [6, 6.07) is 0. The second-order valence-corrected chi connectivity index (χ2v) is 7.20. The summed E-state index contributed by atoms with van der Waals surface area (Å²) in [5, 5.41) is 3.58. The molecule has 0 bridgehead atoms. The third kappa shape index (κ3) is 3.78. The van der Waals surface area contributed by atoms with Gasteiger partial charge in [0.15, 0.2) is 10.7 Å². The fourth-order valence-corrected chi connectivity index (χ4v) is 3.46. The molecule has 0 aromatic carbocycles. The lowest BCUT2D eigenvalue weighted by Gasteiger charge is -2.15. The van der Waals surface area contributed by atoms with Gasteiger partial charge >= 0.3 is 0 Å². The van der Waals surface area contributed by atoms with E-state index in [1.807, 2.05) is 7.05 Å². The van der Waals surface area contributed by atoms with Crippen molar-refractivity contribution in [1.82, 2.24) is 13.6 Å². The second-order valence-electron chi connectivity index (χ2n) is 4.34. The van der Waals surface area contributed by atoms with Gasteiger partial charge in [0.1, 0.15) is 5.00 Å². The van der Waals surface area contributed by atoms with Crippen LogP contribution in [0.1, 0.15) is 6.92 Å². The quantitative estimate of drug-likeness (QED) is 0.755. The van der Waals surface area contributed by atoms with Crippen LogP contribution in [0.3, 0.4) is 0 Å². The van der Waals surface area contributed by atoms with Gasteiger partial charge in [0.2, 0.25) is 10.0 Å². The summed E-state index contributed by atoms with van der Waals surface area (Å²) in [7, 11) is 1.38. The number of aromatic nitrogens is 1. The van der Waals surface area contributed by atoms with E-state index in [0.717, 1.165) is 28.9 Å². The summed E-state index contributed by atoms with van der Waals surface area (Å²) in [4.78, 5) is 2.19. The Balaban J connectivity index is 2.87. The van der Waals surface area contributed by atoms with E-state index in [9.17, 15) is 8.42 Å². The molecule has 0 saturated heterocycles. The predicted molar refractivity (Wildman–Crippen MR) is 79.1 cm³/mol. The van der Waals surface area contributed by atoms with E-state index in [1.54, 1.807) is 0 Å². The van der Waals surface area contributed by atoms with Gasteiger partial charge in [-0.15, -0.1) is 0 Å². The van der Waals surface area contributed by atoms with Crippen LogP contribution in [-0.4, -0.2) is 62.8 Å². The highest BCUT2D eigenvalue weighted by Gasteiger charge is 2.27. The first-order valence-electron chi connectivity index (χ1n) is 5.90. The average molecular weight is 307 g/mol. The molecule has 3 N–H and O–H groups in total. The Bertz CT molecular complexity index is 512. The Labute approximate surface area is 118 Å².